The van der Waals surface area contributed by atoms with Crippen LogP contribution < -0.4 is 5.32 Å². The van der Waals surface area contributed by atoms with E-state index in [9.17, 15) is 0 Å². The number of aliphatic hydroxyl groups is 1. The predicted molar refractivity (Wildman–Crippen MR) is 83.6 cm³/mol. The first-order valence-corrected chi connectivity index (χ1v) is 7.96. The zero-order valence-electron chi connectivity index (χ0n) is 12.6. The summed E-state index contributed by atoms with van der Waals surface area (Å²) in [4.78, 5) is 2.59. The fraction of sp³-hybridized carbons (Fsp3) is 0.647. The molecule has 0 radical (unpaired) electrons. The Morgan fingerprint density at radius 1 is 1.25 bits per heavy atom. The Hall–Kier alpha value is -0.900. The average molecular weight is 276 g/mol. The Morgan fingerprint density at radius 2 is 2.10 bits per heavy atom. The molecule has 1 atom stereocenters. The van der Waals surface area contributed by atoms with Crippen molar-refractivity contribution >= 4 is 0 Å². The van der Waals surface area contributed by atoms with E-state index in [0.717, 1.165) is 12.1 Å². The van der Waals surface area contributed by atoms with E-state index >= 15 is 0 Å². The van der Waals surface area contributed by atoms with Crippen LogP contribution in [0.15, 0.2) is 24.3 Å². The molecule has 1 unspecified atom stereocenters. The van der Waals surface area contributed by atoms with Gasteiger partial charge in [-0.15, -0.1) is 0 Å². The first kappa shape index (κ1) is 15.5. The molecule has 1 aliphatic heterocycles. The Kier molecular flexibility index (Phi) is 6.51. The van der Waals surface area contributed by atoms with Crippen LogP contribution in [-0.2, 0) is 13.2 Å². The lowest BCUT2D eigenvalue weighted by atomic mass is 10.1. The van der Waals surface area contributed by atoms with Crippen molar-refractivity contribution in [2.24, 2.45) is 0 Å². The van der Waals surface area contributed by atoms with E-state index < -0.39 is 0 Å². The zero-order valence-corrected chi connectivity index (χ0v) is 12.6. The number of aliphatic hydroxyl groups excluding tert-OH is 1. The molecule has 20 heavy (non-hydrogen) atoms. The van der Waals surface area contributed by atoms with Crippen LogP contribution in [0.5, 0.6) is 0 Å². The van der Waals surface area contributed by atoms with Crippen LogP contribution in [-0.4, -0.2) is 35.7 Å². The van der Waals surface area contributed by atoms with Gasteiger partial charge in [0, 0.05) is 12.6 Å². The van der Waals surface area contributed by atoms with E-state index in [0.29, 0.717) is 6.04 Å². The van der Waals surface area contributed by atoms with Gasteiger partial charge in [-0.2, -0.15) is 0 Å². The number of likely N-dealkylation sites (tertiary alicyclic amines) is 1. The Balaban J connectivity index is 1.78. The zero-order chi connectivity index (χ0) is 14.2. The maximum absolute atomic E-state index is 9.17. The van der Waals surface area contributed by atoms with Gasteiger partial charge in [0.1, 0.15) is 0 Å². The van der Waals surface area contributed by atoms with E-state index in [2.05, 4.69) is 29.3 Å². The van der Waals surface area contributed by atoms with Gasteiger partial charge in [-0.1, -0.05) is 31.2 Å². The minimum atomic E-state index is 0.128. The monoisotopic (exact) mass is 276 g/mol. The molecule has 112 valence electrons. The van der Waals surface area contributed by atoms with E-state index in [1.54, 1.807) is 0 Å². The summed E-state index contributed by atoms with van der Waals surface area (Å²) in [6.45, 7) is 7.02. The molecule has 0 aromatic heterocycles. The molecule has 1 fully saturated rings. The Labute approximate surface area is 123 Å². The van der Waals surface area contributed by atoms with Gasteiger partial charge >= 0.3 is 0 Å². The highest BCUT2D eigenvalue weighted by Gasteiger charge is 2.15. The fourth-order valence-electron chi connectivity index (χ4n) is 3.00. The maximum Gasteiger partial charge on any atom is 0.0681 e. The van der Waals surface area contributed by atoms with Crippen LogP contribution in [0.25, 0.3) is 0 Å². The smallest absolute Gasteiger partial charge is 0.0681 e. The number of rotatable bonds is 6. The lowest BCUT2D eigenvalue weighted by Crippen LogP contribution is -2.31. The molecular formula is C17H28N2O. The minimum absolute atomic E-state index is 0.128. The minimum Gasteiger partial charge on any atom is -0.392 e. The van der Waals surface area contributed by atoms with Crippen molar-refractivity contribution < 1.29 is 5.11 Å². The fourth-order valence-corrected chi connectivity index (χ4v) is 3.00. The molecule has 0 aliphatic carbocycles. The van der Waals surface area contributed by atoms with Crippen molar-refractivity contribution in [2.75, 3.05) is 19.6 Å². The molecule has 0 amide bonds. The quantitative estimate of drug-likeness (QED) is 0.838. The van der Waals surface area contributed by atoms with Gasteiger partial charge in [-0.3, -0.25) is 0 Å². The second kappa shape index (κ2) is 8.40. The molecule has 0 saturated carbocycles. The van der Waals surface area contributed by atoms with E-state index in [1.165, 1.54) is 50.9 Å². The molecule has 1 aromatic carbocycles. The summed E-state index contributed by atoms with van der Waals surface area (Å²) in [5, 5.41) is 12.9. The summed E-state index contributed by atoms with van der Waals surface area (Å²) < 4.78 is 0. The summed E-state index contributed by atoms with van der Waals surface area (Å²) in [6.07, 6.45) is 5.08. The predicted octanol–water partition coefficient (Wildman–Crippen LogP) is 2.53. The first-order chi connectivity index (χ1) is 9.81. The van der Waals surface area contributed by atoms with Crippen molar-refractivity contribution in [1.29, 1.82) is 0 Å². The van der Waals surface area contributed by atoms with Gasteiger partial charge in [0.15, 0.2) is 0 Å². The van der Waals surface area contributed by atoms with Crippen molar-refractivity contribution in [2.45, 2.75) is 51.8 Å². The highest BCUT2D eigenvalue weighted by atomic mass is 16.3. The van der Waals surface area contributed by atoms with Crippen molar-refractivity contribution in [3.05, 3.63) is 35.4 Å². The lowest BCUT2D eigenvalue weighted by molar-refractivity contribution is 0.281. The number of benzene rings is 1. The van der Waals surface area contributed by atoms with Crippen LogP contribution in [0.4, 0.5) is 0 Å². The molecule has 3 heteroatoms. The highest BCUT2D eigenvalue weighted by molar-refractivity contribution is 5.22. The van der Waals surface area contributed by atoms with Crippen LogP contribution >= 0.6 is 0 Å². The number of nitrogens with one attached hydrogen (secondary N) is 1. The molecule has 2 N–H and O–H groups in total. The molecule has 1 aliphatic rings. The van der Waals surface area contributed by atoms with Crippen LogP contribution in [0.1, 0.15) is 43.7 Å². The average Bonchev–Trinajstić information content (AvgIpc) is 2.71. The van der Waals surface area contributed by atoms with Crippen molar-refractivity contribution in [3.63, 3.8) is 0 Å². The molecule has 0 bridgehead atoms. The Morgan fingerprint density at radius 3 is 2.90 bits per heavy atom. The normalized spacial score (nSPS) is 20.8. The maximum atomic E-state index is 9.17. The summed E-state index contributed by atoms with van der Waals surface area (Å²) in [6, 6.07) is 8.85. The SMILES string of the molecule is CCCN1CCCC(NCc2cccc(CO)c2)CC1. The topological polar surface area (TPSA) is 35.5 Å². The number of hydrogen-bond donors (Lipinski definition) is 2. The molecule has 1 heterocycles. The standard InChI is InChI=1S/C17H28N2O/c1-2-9-19-10-4-7-17(8-11-19)18-13-15-5-3-6-16(12-15)14-20/h3,5-6,12,17-18,20H,2,4,7-11,13-14H2,1H3. The van der Waals surface area contributed by atoms with Crippen LogP contribution in [0.3, 0.4) is 0 Å². The second-order valence-electron chi connectivity index (χ2n) is 5.83. The van der Waals surface area contributed by atoms with Gasteiger partial charge in [-0.05, 0) is 56.4 Å². The summed E-state index contributed by atoms with van der Waals surface area (Å²) in [5.74, 6) is 0. The van der Waals surface area contributed by atoms with Gasteiger partial charge in [0.2, 0.25) is 0 Å². The largest absolute Gasteiger partial charge is 0.392 e. The molecule has 2 rings (SSSR count). The Bertz CT molecular complexity index is 394. The summed E-state index contributed by atoms with van der Waals surface area (Å²) in [7, 11) is 0. The second-order valence-corrected chi connectivity index (χ2v) is 5.83. The number of nitrogens with zero attached hydrogens (tertiary/aromatic N) is 1. The third-order valence-electron chi connectivity index (χ3n) is 4.13. The summed E-state index contributed by atoms with van der Waals surface area (Å²) in [5.41, 5.74) is 2.27. The summed E-state index contributed by atoms with van der Waals surface area (Å²) >= 11 is 0. The first-order valence-electron chi connectivity index (χ1n) is 7.96. The number of hydrogen-bond acceptors (Lipinski definition) is 3. The molecule has 3 nitrogen and oxygen atoms in total. The molecular weight excluding hydrogens is 248 g/mol. The van der Waals surface area contributed by atoms with E-state index in [4.69, 9.17) is 5.11 Å². The molecule has 0 spiro atoms. The lowest BCUT2D eigenvalue weighted by Gasteiger charge is -2.19. The van der Waals surface area contributed by atoms with Crippen LogP contribution in [0, 0.1) is 0 Å². The molecule has 1 aromatic rings. The van der Waals surface area contributed by atoms with Gasteiger partial charge in [0.25, 0.3) is 0 Å². The molecule has 1 saturated heterocycles. The third kappa shape index (κ3) is 4.89. The van der Waals surface area contributed by atoms with E-state index in [1.807, 2.05) is 12.1 Å². The third-order valence-corrected chi connectivity index (χ3v) is 4.13. The van der Waals surface area contributed by atoms with Crippen molar-refractivity contribution in [3.8, 4) is 0 Å². The van der Waals surface area contributed by atoms with Crippen molar-refractivity contribution in [1.82, 2.24) is 10.2 Å². The van der Waals surface area contributed by atoms with Gasteiger partial charge < -0.3 is 15.3 Å². The van der Waals surface area contributed by atoms with Crippen LogP contribution in [0.2, 0.25) is 0 Å². The van der Waals surface area contributed by atoms with Gasteiger partial charge in [0.05, 0.1) is 6.61 Å². The highest BCUT2D eigenvalue weighted by Crippen LogP contribution is 2.13. The van der Waals surface area contributed by atoms with E-state index in [-0.39, 0.29) is 6.61 Å². The van der Waals surface area contributed by atoms with Gasteiger partial charge in [-0.25, -0.2) is 0 Å².